The molecular formula is C50H54N4O7. The monoisotopic (exact) mass is 822 g/mol. The highest BCUT2D eigenvalue weighted by Gasteiger charge is 2.38. The smallest absolute Gasteiger partial charge is 0.326 e. The average Bonchev–Trinajstić information content (AvgIpc) is 3.28. The van der Waals surface area contributed by atoms with Crippen molar-refractivity contribution in [2.75, 3.05) is 13.2 Å². The van der Waals surface area contributed by atoms with Crippen LogP contribution in [0.2, 0.25) is 0 Å². The zero-order valence-electron chi connectivity index (χ0n) is 35.1. The van der Waals surface area contributed by atoms with Gasteiger partial charge in [-0.2, -0.15) is 0 Å². The van der Waals surface area contributed by atoms with Gasteiger partial charge in [0.25, 0.3) is 0 Å². The summed E-state index contributed by atoms with van der Waals surface area (Å²) in [4.78, 5) is 46.9. The van der Waals surface area contributed by atoms with E-state index in [1.54, 1.807) is 6.20 Å². The van der Waals surface area contributed by atoms with Gasteiger partial charge in [0.05, 0.1) is 12.6 Å². The molecule has 11 nitrogen and oxygen atoms in total. The van der Waals surface area contributed by atoms with Gasteiger partial charge < -0.3 is 34.9 Å². The summed E-state index contributed by atoms with van der Waals surface area (Å²) in [6.07, 6.45) is 7.98. The van der Waals surface area contributed by atoms with Crippen molar-refractivity contribution < 1.29 is 33.7 Å². The van der Waals surface area contributed by atoms with Crippen molar-refractivity contribution >= 4 is 17.9 Å². The maximum absolute atomic E-state index is 14.3. The molecule has 316 valence electrons. The highest BCUT2D eigenvalue weighted by Crippen LogP contribution is 2.41. The Hall–Kier alpha value is -6.36. The van der Waals surface area contributed by atoms with Gasteiger partial charge in [0, 0.05) is 31.3 Å². The Morgan fingerprint density at radius 1 is 0.885 bits per heavy atom. The number of carboxylic acids is 1. The number of nitrogens with one attached hydrogen (secondary N) is 2. The second-order valence-electron chi connectivity index (χ2n) is 16.7. The van der Waals surface area contributed by atoms with Crippen molar-refractivity contribution in [3.8, 4) is 28.4 Å². The third kappa shape index (κ3) is 9.67. The molecule has 3 N–H and O–H groups in total. The van der Waals surface area contributed by atoms with Gasteiger partial charge in [-0.3, -0.25) is 9.78 Å². The molecule has 61 heavy (non-hydrogen) atoms. The first-order chi connectivity index (χ1) is 29.6. The van der Waals surface area contributed by atoms with Crippen molar-refractivity contribution in [3.63, 3.8) is 0 Å². The van der Waals surface area contributed by atoms with E-state index in [1.165, 1.54) is 37.0 Å². The fourth-order valence-corrected chi connectivity index (χ4v) is 8.68. The van der Waals surface area contributed by atoms with Gasteiger partial charge in [-0.1, -0.05) is 86.0 Å². The minimum atomic E-state index is -1.23. The van der Waals surface area contributed by atoms with Crippen molar-refractivity contribution in [1.29, 1.82) is 0 Å². The molecule has 1 saturated carbocycles. The van der Waals surface area contributed by atoms with Gasteiger partial charge in [0.2, 0.25) is 5.91 Å². The van der Waals surface area contributed by atoms with E-state index in [4.69, 9.17) is 14.2 Å². The van der Waals surface area contributed by atoms with Crippen molar-refractivity contribution in [3.05, 3.63) is 142 Å². The number of nitrogens with zero attached hydrogens (tertiary/aromatic N) is 2. The zero-order valence-corrected chi connectivity index (χ0v) is 35.1. The number of benzene rings is 4. The number of aryl methyl sites for hydroxylation is 1. The Bertz CT molecular complexity index is 2350. The quantitative estimate of drug-likeness (QED) is 0.114. The fourth-order valence-electron chi connectivity index (χ4n) is 8.68. The van der Waals surface area contributed by atoms with Crippen molar-refractivity contribution in [1.82, 2.24) is 20.5 Å². The van der Waals surface area contributed by atoms with E-state index in [9.17, 15) is 19.5 Å². The molecular weight excluding hydrogens is 769 g/mol. The Kier molecular flexibility index (Phi) is 12.5. The predicted molar refractivity (Wildman–Crippen MR) is 233 cm³/mol. The van der Waals surface area contributed by atoms with Gasteiger partial charge in [-0.05, 0) is 114 Å². The summed E-state index contributed by atoms with van der Waals surface area (Å²) >= 11 is 0. The van der Waals surface area contributed by atoms with E-state index in [2.05, 4.69) is 15.6 Å². The van der Waals surface area contributed by atoms with E-state index in [-0.39, 0.29) is 31.5 Å². The molecule has 3 heterocycles. The van der Waals surface area contributed by atoms with E-state index in [0.29, 0.717) is 24.0 Å². The number of ether oxygens (including phenoxy) is 3. The number of carboxylic acid groups (broad SMARTS) is 1. The van der Waals surface area contributed by atoms with E-state index in [0.717, 1.165) is 62.6 Å². The number of fused-ring (bicyclic) bond motifs is 2. The van der Waals surface area contributed by atoms with Crippen LogP contribution >= 0.6 is 0 Å². The van der Waals surface area contributed by atoms with Crippen LogP contribution in [0.25, 0.3) is 11.1 Å². The first kappa shape index (κ1) is 41.4. The maximum Gasteiger partial charge on any atom is 0.326 e. The van der Waals surface area contributed by atoms with Crippen molar-refractivity contribution in [2.45, 2.75) is 96.5 Å². The van der Waals surface area contributed by atoms with E-state index >= 15 is 0 Å². The van der Waals surface area contributed by atoms with Crippen LogP contribution < -0.4 is 24.8 Å². The standard InChI is InChI=1S/C50H54N4O7/c1-31-32(2)51-23-22-42(31)37-16-14-34(15-17-37)24-43(49(56)57)53-48(55)44-25-39-26-45-46(27-40(39)28-54(44)50(58)52-33(3)36-12-8-5-9-13-36)61-47(30-60-45)38-18-20-41(21-19-38)59-29-35-10-6-4-7-11-35/h5,8-9,12-23,26-27,33,35,43-44,47H,4,6-7,10-11,24-25,28-30H2,1-3H3,(H,52,58)(H,53,55)(H,56,57). The highest BCUT2D eigenvalue weighted by atomic mass is 16.6. The van der Waals surface area contributed by atoms with Gasteiger partial charge in [-0.15, -0.1) is 0 Å². The highest BCUT2D eigenvalue weighted by molar-refractivity contribution is 5.91. The first-order valence-corrected chi connectivity index (χ1v) is 21.4. The molecule has 3 amide bonds. The van der Waals surface area contributed by atoms with Crippen LogP contribution in [-0.4, -0.2) is 58.2 Å². The van der Waals surface area contributed by atoms with Crippen LogP contribution in [0.15, 0.2) is 103 Å². The lowest BCUT2D eigenvalue weighted by Gasteiger charge is -2.38. The summed E-state index contributed by atoms with van der Waals surface area (Å²) in [5.74, 6) is 0.851. The maximum atomic E-state index is 14.3. The Balaban J connectivity index is 0.987. The molecule has 1 fully saturated rings. The van der Waals surface area contributed by atoms with Crippen LogP contribution in [0.3, 0.4) is 0 Å². The molecule has 0 bridgehead atoms. The minimum absolute atomic E-state index is 0.0618. The molecule has 3 aliphatic rings. The number of carbonyl (C=O) groups excluding carboxylic acids is 2. The summed E-state index contributed by atoms with van der Waals surface area (Å²) in [7, 11) is 0. The summed E-state index contributed by atoms with van der Waals surface area (Å²) in [5, 5.41) is 16.2. The molecule has 1 aliphatic carbocycles. The molecule has 0 radical (unpaired) electrons. The number of amides is 3. The topological polar surface area (TPSA) is 139 Å². The number of aliphatic carboxylic acids is 1. The van der Waals surface area contributed by atoms with E-state index < -0.39 is 30.0 Å². The molecule has 0 spiro atoms. The average molecular weight is 823 g/mol. The Labute approximate surface area is 357 Å². The lowest BCUT2D eigenvalue weighted by molar-refractivity contribution is -0.142. The third-order valence-electron chi connectivity index (χ3n) is 12.5. The number of pyridine rings is 1. The normalized spacial score (nSPS) is 18.3. The second kappa shape index (κ2) is 18.5. The van der Waals surface area contributed by atoms with Gasteiger partial charge in [-0.25, -0.2) is 9.59 Å². The third-order valence-corrected chi connectivity index (χ3v) is 12.5. The number of rotatable bonds is 12. The predicted octanol–water partition coefficient (Wildman–Crippen LogP) is 8.85. The number of urea groups is 1. The molecule has 4 unspecified atom stereocenters. The SMILES string of the molecule is Cc1nccc(-c2ccc(CC(NC(=O)C3Cc4cc5c(cc4CN3C(=O)NC(C)c3ccccc3)OC(c3ccc(OCC4CCCCC4)cc3)CO5)C(=O)O)cc2)c1C. The van der Waals surface area contributed by atoms with Crippen LogP contribution in [0.4, 0.5) is 4.79 Å². The zero-order chi connectivity index (χ0) is 42.5. The number of hydrogen-bond acceptors (Lipinski definition) is 7. The number of aromatic nitrogens is 1. The van der Waals surface area contributed by atoms with Crippen LogP contribution in [-0.2, 0) is 29.0 Å². The number of carbonyl (C=O) groups is 3. The van der Waals surface area contributed by atoms with Crippen LogP contribution in [0.1, 0.15) is 90.2 Å². The van der Waals surface area contributed by atoms with Gasteiger partial charge in [0.15, 0.2) is 17.6 Å². The first-order valence-electron chi connectivity index (χ1n) is 21.4. The largest absolute Gasteiger partial charge is 0.493 e. The molecule has 11 heteroatoms. The summed E-state index contributed by atoms with van der Waals surface area (Å²) in [5.41, 5.74) is 8.33. The molecule has 8 rings (SSSR count). The summed E-state index contributed by atoms with van der Waals surface area (Å²) in [6.45, 7) is 7.02. The van der Waals surface area contributed by atoms with Gasteiger partial charge >= 0.3 is 12.0 Å². The molecule has 4 aromatic carbocycles. The Morgan fingerprint density at radius 2 is 1.62 bits per heavy atom. The summed E-state index contributed by atoms with van der Waals surface area (Å²) < 4.78 is 18.9. The lowest BCUT2D eigenvalue weighted by atomic mass is 9.90. The Morgan fingerprint density at radius 3 is 2.36 bits per heavy atom. The van der Waals surface area contributed by atoms with Crippen molar-refractivity contribution in [2.24, 2.45) is 5.92 Å². The lowest BCUT2D eigenvalue weighted by Crippen LogP contribution is -2.57. The number of hydrogen-bond donors (Lipinski definition) is 3. The molecule has 4 atom stereocenters. The fraction of sp³-hybridized carbons (Fsp3) is 0.360. The van der Waals surface area contributed by atoms with Crippen LogP contribution in [0, 0.1) is 19.8 Å². The molecule has 0 saturated heterocycles. The van der Waals surface area contributed by atoms with Crippen LogP contribution in [0.5, 0.6) is 17.2 Å². The minimum Gasteiger partial charge on any atom is -0.493 e. The van der Waals surface area contributed by atoms with E-state index in [1.807, 2.05) is 118 Å². The second-order valence-corrected chi connectivity index (χ2v) is 16.7. The molecule has 1 aromatic heterocycles. The molecule has 2 aliphatic heterocycles. The molecule has 5 aromatic rings. The van der Waals surface area contributed by atoms with Gasteiger partial charge in [0.1, 0.15) is 24.4 Å². The summed E-state index contributed by atoms with van der Waals surface area (Å²) in [6, 6.07) is 28.0.